The summed E-state index contributed by atoms with van der Waals surface area (Å²) in [6.45, 7) is 0.806. The maximum Gasteiger partial charge on any atom is 0.416 e. The Morgan fingerprint density at radius 1 is 1.30 bits per heavy atom. The molecule has 0 bridgehead atoms. The monoisotopic (exact) mass is 392 g/mol. The zero-order valence-corrected chi connectivity index (χ0v) is 14.2. The molecular formula is C12H13Cl2F3N2O3S. The number of benzene rings is 1. The molecule has 0 unspecified atom stereocenters. The highest BCUT2D eigenvalue weighted by Crippen LogP contribution is 2.36. The van der Waals surface area contributed by atoms with Gasteiger partial charge in [0.1, 0.15) is 0 Å². The minimum absolute atomic E-state index is 0.0738. The van der Waals surface area contributed by atoms with Crippen LogP contribution >= 0.6 is 23.2 Å². The molecule has 0 saturated carbocycles. The van der Waals surface area contributed by atoms with Crippen molar-refractivity contribution in [3.8, 4) is 0 Å². The quantitative estimate of drug-likeness (QED) is 0.807. The van der Waals surface area contributed by atoms with E-state index in [0.29, 0.717) is 12.1 Å². The minimum atomic E-state index is -4.70. The van der Waals surface area contributed by atoms with Gasteiger partial charge in [-0.05, 0) is 17.7 Å². The van der Waals surface area contributed by atoms with Gasteiger partial charge in [-0.15, -0.1) is 0 Å². The van der Waals surface area contributed by atoms with Crippen molar-refractivity contribution in [1.82, 2.24) is 4.31 Å². The molecule has 0 aromatic heterocycles. The topological polar surface area (TPSA) is 80.5 Å². The molecule has 0 aliphatic carbocycles. The number of carbonyl (C=O) groups excluding carboxylic acids is 1. The highest BCUT2D eigenvalue weighted by Gasteiger charge is 2.33. The van der Waals surface area contributed by atoms with Crippen LogP contribution in [0.4, 0.5) is 13.2 Å². The summed E-state index contributed by atoms with van der Waals surface area (Å²) in [4.78, 5) is 10.9. The number of alkyl halides is 3. The van der Waals surface area contributed by atoms with Gasteiger partial charge in [-0.2, -0.15) is 17.5 Å². The standard InChI is InChI=1S/C12H13Cl2F3N2O3S/c1-2-19(5-10(18)20)23(21,22)6-7-3-8(12(15,16)17)4-9(13)11(7)14/h3-4H,2,5-6H2,1H3,(H2,18,20). The number of nitrogens with two attached hydrogens (primary N) is 1. The lowest BCUT2D eigenvalue weighted by Gasteiger charge is -2.20. The van der Waals surface area contributed by atoms with E-state index in [1.165, 1.54) is 6.92 Å². The Labute approximate surface area is 141 Å². The van der Waals surface area contributed by atoms with Gasteiger partial charge < -0.3 is 5.73 Å². The number of primary amides is 1. The van der Waals surface area contributed by atoms with Crippen LogP contribution < -0.4 is 5.73 Å². The number of carbonyl (C=O) groups is 1. The highest BCUT2D eigenvalue weighted by molar-refractivity contribution is 7.88. The SMILES string of the molecule is CCN(CC(N)=O)S(=O)(=O)Cc1cc(C(F)(F)F)cc(Cl)c1Cl. The van der Waals surface area contributed by atoms with Crippen molar-refractivity contribution in [3.63, 3.8) is 0 Å². The van der Waals surface area contributed by atoms with Gasteiger partial charge in [-0.25, -0.2) is 8.42 Å². The smallest absolute Gasteiger partial charge is 0.369 e. The third-order valence-corrected chi connectivity index (χ3v) is 5.54. The van der Waals surface area contributed by atoms with Gasteiger partial charge in [0.2, 0.25) is 15.9 Å². The molecule has 0 atom stereocenters. The maximum atomic E-state index is 12.8. The molecule has 0 saturated heterocycles. The number of rotatable bonds is 6. The predicted octanol–water partition coefficient (Wildman–Crippen LogP) is 2.65. The van der Waals surface area contributed by atoms with Gasteiger partial charge in [0.05, 0.1) is 27.9 Å². The molecule has 11 heteroatoms. The van der Waals surface area contributed by atoms with Crippen LogP contribution in [0.15, 0.2) is 12.1 Å². The molecule has 5 nitrogen and oxygen atoms in total. The Morgan fingerprint density at radius 3 is 2.30 bits per heavy atom. The van der Waals surface area contributed by atoms with E-state index in [2.05, 4.69) is 0 Å². The summed E-state index contributed by atoms with van der Waals surface area (Å²) in [5.74, 6) is -1.72. The number of nitrogens with zero attached hydrogens (tertiary/aromatic N) is 1. The molecule has 0 fully saturated rings. The fourth-order valence-corrected chi connectivity index (χ4v) is 3.80. The maximum absolute atomic E-state index is 12.8. The summed E-state index contributed by atoms with van der Waals surface area (Å²) in [5, 5.41) is -0.706. The average molecular weight is 393 g/mol. The zero-order valence-electron chi connectivity index (χ0n) is 11.8. The average Bonchev–Trinajstić information content (AvgIpc) is 2.39. The van der Waals surface area contributed by atoms with Crippen LogP contribution in [-0.4, -0.2) is 31.7 Å². The molecule has 0 heterocycles. The minimum Gasteiger partial charge on any atom is -0.369 e. The third-order valence-electron chi connectivity index (χ3n) is 2.85. The molecule has 0 aliphatic rings. The van der Waals surface area contributed by atoms with E-state index in [4.69, 9.17) is 28.9 Å². The van der Waals surface area contributed by atoms with Crippen molar-refractivity contribution in [2.24, 2.45) is 5.73 Å². The van der Waals surface area contributed by atoms with Crippen LogP contribution in [0.2, 0.25) is 10.0 Å². The summed E-state index contributed by atoms with van der Waals surface area (Å²) in [7, 11) is -4.10. The number of sulfonamides is 1. The fourth-order valence-electron chi connectivity index (χ4n) is 1.78. The fraction of sp³-hybridized carbons (Fsp3) is 0.417. The summed E-state index contributed by atoms with van der Waals surface area (Å²) in [5.41, 5.74) is 3.53. The second-order valence-electron chi connectivity index (χ2n) is 4.58. The van der Waals surface area contributed by atoms with Crippen molar-refractivity contribution in [2.45, 2.75) is 18.9 Å². The number of hydrogen-bond donors (Lipinski definition) is 1. The van der Waals surface area contributed by atoms with Crippen LogP contribution in [0.1, 0.15) is 18.1 Å². The van der Waals surface area contributed by atoms with E-state index in [1.54, 1.807) is 0 Å². The zero-order chi connectivity index (χ0) is 18.0. The molecule has 0 aliphatic heterocycles. The van der Waals surface area contributed by atoms with Gasteiger partial charge in [0.15, 0.2) is 0 Å². The lowest BCUT2D eigenvalue weighted by atomic mass is 10.1. The second kappa shape index (κ2) is 7.25. The summed E-state index contributed by atoms with van der Waals surface area (Å²) >= 11 is 11.4. The van der Waals surface area contributed by atoms with Crippen molar-refractivity contribution >= 4 is 39.1 Å². The van der Waals surface area contributed by atoms with Crippen LogP contribution in [-0.2, 0) is 26.7 Å². The lowest BCUT2D eigenvalue weighted by molar-refractivity contribution is -0.137. The molecule has 130 valence electrons. The van der Waals surface area contributed by atoms with E-state index in [0.717, 1.165) is 4.31 Å². The van der Waals surface area contributed by atoms with Gasteiger partial charge in [0, 0.05) is 6.54 Å². The molecule has 23 heavy (non-hydrogen) atoms. The molecule has 1 aromatic rings. The Morgan fingerprint density at radius 2 is 1.87 bits per heavy atom. The molecule has 1 rings (SSSR count). The number of amides is 1. The van der Waals surface area contributed by atoms with Gasteiger partial charge in [-0.3, -0.25) is 4.79 Å². The first-order chi connectivity index (χ1) is 10.4. The molecule has 0 radical (unpaired) electrons. The Kier molecular flexibility index (Phi) is 6.31. The van der Waals surface area contributed by atoms with Crippen LogP contribution in [0.5, 0.6) is 0 Å². The van der Waals surface area contributed by atoms with Gasteiger partial charge >= 0.3 is 6.18 Å². The van der Waals surface area contributed by atoms with Crippen molar-refractivity contribution in [3.05, 3.63) is 33.3 Å². The van der Waals surface area contributed by atoms with E-state index in [9.17, 15) is 26.4 Å². The first kappa shape index (κ1) is 20.0. The van der Waals surface area contributed by atoms with Gasteiger partial charge in [0.25, 0.3) is 0 Å². The second-order valence-corrected chi connectivity index (χ2v) is 7.33. The normalized spacial score (nSPS) is 12.7. The largest absolute Gasteiger partial charge is 0.416 e. The lowest BCUT2D eigenvalue weighted by Crippen LogP contribution is -2.38. The van der Waals surface area contributed by atoms with E-state index in [-0.39, 0.29) is 17.1 Å². The Hall–Kier alpha value is -1.03. The van der Waals surface area contributed by atoms with Crippen molar-refractivity contribution < 1.29 is 26.4 Å². The number of halogens is 5. The Balaban J connectivity index is 3.26. The van der Waals surface area contributed by atoms with E-state index < -0.39 is 45.0 Å². The third kappa shape index (κ3) is 5.23. The predicted molar refractivity (Wildman–Crippen MR) is 80.5 cm³/mol. The highest BCUT2D eigenvalue weighted by atomic mass is 35.5. The molecule has 1 amide bonds. The Bertz CT molecular complexity index is 708. The van der Waals surface area contributed by atoms with Crippen LogP contribution in [0, 0.1) is 0 Å². The summed E-state index contributed by atoms with van der Waals surface area (Å²) in [6.07, 6.45) is -4.70. The van der Waals surface area contributed by atoms with E-state index in [1.807, 2.05) is 0 Å². The van der Waals surface area contributed by atoms with Crippen LogP contribution in [0.3, 0.4) is 0 Å². The number of hydrogen-bond acceptors (Lipinski definition) is 3. The molecule has 0 spiro atoms. The molecule has 1 aromatic carbocycles. The number of likely N-dealkylation sites (N-methyl/N-ethyl adjacent to an activating group) is 1. The van der Waals surface area contributed by atoms with Crippen molar-refractivity contribution in [2.75, 3.05) is 13.1 Å². The summed E-state index contributed by atoms with van der Waals surface area (Å²) in [6, 6.07) is 1.23. The summed E-state index contributed by atoms with van der Waals surface area (Å²) < 4.78 is 63.6. The first-order valence-corrected chi connectivity index (χ1v) is 8.56. The molecule has 2 N–H and O–H groups in total. The van der Waals surface area contributed by atoms with Crippen LogP contribution in [0.25, 0.3) is 0 Å². The first-order valence-electron chi connectivity index (χ1n) is 6.19. The molecular weight excluding hydrogens is 380 g/mol. The van der Waals surface area contributed by atoms with Gasteiger partial charge in [-0.1, -0.05) is 30.1 Å². The van der Waals surface area contributed by atoms with E-state index >= 15 is 0 Å². The van der Waals surface area contributed by atoms with Crippen molar-refractivity contribution in [1.29, 1.82) is 0 Å².